The van der Waals surface area contributed by atoms with E-state index in [2.05, 4.69) is 0 Å². The number of hydrogen-bond donors (Lipinski definition) is 1. The van der Waals surface area contributed by atoms with Gasteiger partial charge < -0.3 is 5.11 Å². The molecule has 0 aliphatic carbocycles. The molecular formula is C14H11ClO4S. The van der Waals surface area contributed by atoms with Crippen LogP contribution >= 0.6 is 11.6 Å². The summed E-state index contributed by atoms with van der Waals surface area (Å²) in [6.45, 7) is 0. The highest BCUT2D eigenvalue weighted by Crippen LogP contribution is 2.37. The molecule has 4 nitrogen and oxygen atoms in total. The molecule has 1 unspecified atom stereocenters. The van der Waals surface area contributed by atoms with E-state index in [1.54, 1.807) is 24.3 Å². The topological polar surface area (TPSA) is 63.6 Å². The predicted octanol–water partition coefficient (Wildman–Crippen LogP) is 3.05. The summed E-state index contributed by atoms with van der Waals surface area (Å²) in [5, 5.41) is 9.58. The van der Waals surface area contributed by atoms with Crippen molar-refractivity contribution < 1.29 is 17.7 Å². The first-order valence-electron chi connectivity index (χ1n) is 5.97. The third-order valence-corrected chi connectivity index (χ3v) is 4.96. The fourth-order valence-corrected chi connectivity index (χ4v) is 3.75. The van der Waals surface area contributed by atoms with Crippen LogP contribution in [0.3, 0.4) is 0 Å². The average Bonchev–Trinajstić information content (AvgIpc) is 2.41. The predicted molar refractivity (Wildman–Crippen MR) is 74.3 cm³/mol. The quantitative estimate of drug-likeness (QED) is 0.822. The molecule has 0 saturated heterocycles. The van der Waals surface area contributed by atoms with Gasteiger partial charge >= 0.3 is 0 Å². The summed E-state index contributed by atoms with van der Waals surface area (Å²) < 4.78 is 29.4. The first kappa shape index (κ1) is 13.4. The third kappa shape index (κ3) is 2.28. The molecule has 1 aliphatic heterocycles. The van der Waals surface area contributed by atoms with Crippen molar-refractivity contribution >= 4 is 21.7 Å². The highest BCUT2D eigenvalue weighted by Gasteiger charge is 2.31. The van der Waals surface area contributed by atoms with Gasteiger partial charge in [-0.05, 0) is 29.3 Å². The number of halogens is 1. The van der Waals surface area contributed by atoms with Gasteiger partial charge in [0.2, 0.25) is 0 Å². The molecule has 2 aromatic rings. The van der Waals surface area contributed by atoms with Crippen LogP contribution < -0.4 is 0 Å². The minimum absolute atomic E-state index is 0.0468. The van der Waals surface area contributed by atoms with Crippen LogP contribution in [0.15, 0.2) is 47.4 Å². The summed E-state index contributed by atoms with van der Waals surface area (Å²) in [5.41, 5.74) is 1.33. The molecule has 0 amide bonds. The van der Waals surface area contributed by atoms with Gasteiger partial charge in [-0.3, -0.25) is 4.18 Å². The first-order chi connectivity index (χ1) is 9.47. The van der Waals surface area contributed by atoms with Gasteiger partial charge in [0.15, 0.2) is 0 Å². The van der Waals surface area contributed by atoms with Gasteiger partial charge in [-0.2, -0.15) is 8.42 Å². The lowest BCUT2D eigenvalue weighted by atomic mass is 10.0. The zero-order valence-electron chi connectivity index (χ0n) is 10.3. The van der Waals surface area contributed by atoms with Gasteiger partial charge in [0.05, 0.1) is 9.92 Å². The summed E-state index contributed by atoms with van der Waals surface area (Å²) >= 11 is 5.85. The number of fused-ring (bicyclic) bond motifs is 1. The Bertz CT molecular complexity index is 770. The average molecular weight is 311 g/mol. The largest absolute Gasteiger partial charge is 0.506 e. The molecule has 20 heavy (non-hydrogen) atoms. The molecular weight excluding hydrogens is 300 g/mol. The Morgan fingerprint density at radius 3 is 2.70 bits per heavy atom. The van der Waals surface area contributed by atoms with Crippen molar-refractivity contribution in [1.29, 1.82) is 0 Å². The van der Waals surface area contributed by atoms with Crippen LogP contribution in [0.2, 0.25) is 5.02 Å². The van der Waals surface area contributed by atoms with Crippen LogP contribution in [0, 0.1) is 0 Å². The molecule has 6 heteroatoms. The molecule has 1 atom stereocenters. The lowest BCUT2D eigenvalue weighted by Gasteiger charge is -2.25. The van der Waals surface area contributed by atoms with Crippen molar-refractivity contribution in [2.45, 2.75) is 17.4 Å². The Balaban J connectivity index is 2.05. The molecule has 0 spiro atoms. The fraction of sp³-hybridized carbons (Fsp3) is 0.143. The number of rotatable bonds is 1. The monoisotopic (exact) mass is 310 g/mol. The molecule has 3 rings (SSSR count). The Labute approximate surface area is 121 Å². The second-order valence-corrected chi connectivity index (χ2v) is 6.51. The van der Waals surface area contributed by atoms with E-state index < -0.39 is 16.2 Å². The Kier molecular flexibility index (Phi) is 3.20. The van der Waals surface area contributed by atoms with Crippen LogP contribution in [0.5, 0.6) is 5.75 Å². The zero-order valence-corrected chi connectivity index (χ0v) is 11.9. The maximum Gasteiger partial charge on any atom is 0.297 e. The van der Waals surface area contributed by atoms with Crippen LogP contribution in [-0.4, -0.2) is 13.5 Å². The van der Waals surface area contributed by atoms with Crippen molar-refractivity contribution in [3.05, 3.63) is 58.6 Å². The van der Waals surface area contributed by atoms with Gasteiger partial charge in [0, 0.05) is 6.42 Å². The highest BCUT2D eigenvalue weighted by molar-refractivity contribution is 7.86. The zero-order chi connectivity index (χ0) is 14.3. The van der Waals surface area contributed by atoms with Gasteiger partial charge in [0.25, 0.3) is 10.1 Å². The van der Waals surface area contributed by atoms with Crippen molar-refractivity contribution in [3.8, 4) is 5.75 Å². The fourth-order valence-electron chi connectivity index (χ4n) is 2.25. The minimum Gasteiger partial charge on any atom is -0.506 e. The second kappa shape index (κ2) is 4.77. The molecule has 1 aliphatic rings. The second-order valence-electron chi connectivity index (χ2n) is 4.56. The van der Waals surface area contributed by atoms with E-state index in [1.165, 1.54) is 18.2 Å². The van der Waals surface area contributed by atoms with Crippen molar-refractivity contribution in [1.82, 2.24) is 0 Å². The van der Waals surface area contributed by atoms with Crippen LogP contribution in [0.25, 0.3) is 0 Å². The molecule has 1 heterocycles. The standard InChI is InChI=1S/C14H11ClO4S/c15-11-7-9(5-6-12(11)16)13-8-10-3-1-2-4-14(10)20(17,18)19-13/h1-7,13,16H,8H2. The molecule has 0 fully saturated rings. The number of hydrogen-bond acceptors (Lipinski definition) is 4. The number of phenolic OH excluding ortho intramolecular Hbond substituents is 1. The molecule has 0 aromatic heterocycles. The van der Waals surface area contributed by atoms with Gasteiger partial charge in [0.1, 0.15) is 11.9 Å². The number of aromatic hydroxyl groups is 1. The summed E-state index contributed by atoms with van der Waals surface area (Å²) in [5.74, 6) is -0.0468. The Morgan fingerprint density at radius 2 is 1.95 bits per heavy atom. The van der Waals surface area contributed by atoms with E-state index in [0.717, 1.165) is 0 Å². The van der Waals surface area contributed by atoms with Crippen LogP contribution in [0.1, 0.15) is 17.2 Å². The Morgan fingerprint density at radius 1 is 1.20 bits per heavy atom. The van der Waals surface area contributed by atoms with E-state index in [4.69, 9.17) is 15.8 Å². The van der Waals surface area contributed by atoms with Crippen LogP contribution in [0.4, 0.5) is 0 Å². The maximum atomic E-state index is 12.1. The van der Waals surface area contributed by atoms with E-state index in [1.807, 2.05) is 0 Å². The van der Waals surface area contributed by atoms with Crippen LogP contribution in [-0.2, 0) is 20.7 Å². The van der Waals surface area contributed by atoms with Crippen molar-refractivity contribution in [2.24, 2.45) is 0 Å². The molecule has 0 bridgehead atoms. The normalized spacial score (nSPS) is 20.4. The summed E-state index contributed by atoms with van der Waals surface area (Å²) in [6.07, 6.45) is -0.191. The smallest absolute Gasteiger partial charge is 0.297 e. The molecule has 0 radical (unpaired) electrons. The summed E-state index contributed by atoms with van der Waals surface area (Å²) in [4.78, 5) is 0.209. The summed E-state index contributed by atoms with van der Waals surface area (Å²) in [7, 11) is -3.77. The summed E-state index contributed by atoms with van der Waals surface area (Å²) in [6, 6.07) is 11.3. The van der Waals surface area contributed by atoms with E-state index in [9.17, 15) is 13.5 Å². The number of benzene rings is 2. The maximum absolute atomic E-state index is 12.1. The van der Waals surface area contributed by atoms with Gasteiger partial charge in [-0.25, -0.2) is 0 Å². The van der Waals surface area contributed by atoms with Gasteiger partial charge in [-0.1, -0.05) is 35.9 Å². The lowest BCUT2D eigenvalue weighted by Crippen LogP contribution is -2.21. The lowest BCUT2D eigenvalue weighted by molar-refractivity contribution is 0.202. The number of phenols is 1. The van der Waals surface area contributed by atoms with E-state index in [0.29, 0.717) is 17.5 Å². The molecule has 1 N–H and O–H groups in total. The SMILES string of the molecule is O=S1(=O)OC(c2ccc(O)c(Cl)c2)Cc2ccccc21. The van der Waals surface area contributed by atoms with Crippen molar-refractivity contribution in [2.75, 3.05) is 0 Å². The molecule has 2 aromatic carbocycles. The Hall–Kier alpha value is -1.56. The first-order valence-corrected chi connectivity index (χ1v) is 7.75. The van der Waals surface area contributed by atoms with Gasteiger partial charge in [-0.15, -0.1) is 0 Å². The molecule has 0 saturated carbocycles. The van der Waals surface area contributed by atoms with E-state index in [-0.39, 0.29) is 15.7 Å². The minimum atomic E-state index is -3.77. The van der Waals surface area contributed by atoms with Crippen molar-refractivity contribution in [3.63, 3.8) is 0 Å². The molecule has 104 valence electrons. The van der Waals surface area contributed by atoms with E-state index >= 15 is 0 Å². The third-order valence-electron chi connectivity index (χ3n) is 3.23. The highest BCUT2D eigenvalue weighted by atomic mass is 35.5.